The number of hydrogen-bond donors (Lipinski definition) is 2. The minimum atomic E-state index is -0.729. The van der Waals surface area contributed by atoms with Gasteiger partial charge in [-0.05, 0) is 46.3 Å². The summed E-state index contributed by atoms with van der Waals surface area (Å²) < 4.78 is 0.619. The Balaban J connectivity index is 2.22. The smallest absolute Gasteiger partial charge is 0.310 e. The van der Waals surface area contributed by atoms with E-state index in [0.29, 0.717) is 15.2 Å². The summed E-state index contributed by atoms with van der Waals surface area (Å²) in [6, 6.07) is 8.20. The second-order valence-corrected chi connectivity index (χ2v) is 5.31. The van der Waals surface area contributed by atoms with Crippen molar-refractivity contribution in [2.24, 2.45) is 0 Å². The molecule has 0 saturated heterocycles. The number of nitro benzene ring substituents is 1. The number of aromatic hydroxyl groups is 1. The number of nitrogens with zero attached hydrogens (tertiary/aromatic N) is 1. The minimum Gasteiger partial charge on any atom is -0.502 e. The minimum absolute atomic E-state index is 0.101. The van der Waals surface area contributed by atoms with Crippen molar-refractivity contribution in [3.8, 4) is 5.75 Å². The molecule has 2 N–H and O–H groups in total. The Morgan fingerprint density at radius 1 is 1.29 bits per heavy atom. The molecule has 0 spiro atoms. The molecule has 0 saturated carbocycles. The number of halogens is 2. The van der Waals surface area contributed by atoms with Crippen molar-refractivity contribution in [1.29, 1.82) is 0 Å². The predicted octanol–water partition coefficient (Wildman–Crippen LogP) is 3.97. The van der Waals surface area contributed by atoms with Crippen molar-refractivity contribution in [2.75, 3.05) is 5.32 Å². The summed E-state index contributed by atoms with van der Waals surface area (Å²) >= 11 is 9.08. The van der Waals surface area contributed by atoms with Crippen LogP contribution >= 0.6 is 27.5 Å². The Labute approximate surface area is 132 Å². The molecule has 2 aromatic carbocycles. The van der Waals surface area contributed by atoms with E-state index in [1.807, 2.05) is 0 Å². The first-order valence-electron chi connectivity index (χ1n) is 5.62. The van der Waals surface area contributed by atoms with Crippen molar-refractivity contribution in [3.63, 3.8) is 0 Å². The van der Waals surface area contributed by atoms with Gasteiger partial charge < -0.3 is 10.4 Å². The second-order valence-electron chi connectivity index (χ2n) is 4.04. The monoisotopic (exact) mass is 370 g/mol. The van der Waals surface area contributed by atoms with Gasteiger partial charge in [-0.3, -0.25) is 14.9 Å². The first-order chi connectivity index (χ1) is 9.88. The molecule has 0 atom stereocenters. The summed E-state index contributed by atoms with van der Waals surface area (Å²) in [5.74, 6) is -1.07. The van der Waals surface area contributed by atoms with Gasteiger partial charge in [0.25, 0.3) is 5.91 Å². The van der Waals surface area contributed by atoms with Gasteiger partial charge in [-0.2, -0.15) is 0 Å². The van der Waals surface area contributed by atoms with Gasteiger partial charge in [0.15, 0.2) is 5.75 Å². The van der Waals surface area contributed by atoms with Gasteiger partial charge in [0.1, 0.15) is 0 Å². The molecular formula is C13H8BrClN2O4. The average Bonchev–Trinajstić information content (AvgIpc) is 2.42. The van der Waals surface area contributed by atoms with Crippen LogP contribution in [0.2, 0.25) is 5.02 Å². The van der Waals surface area contributed by atoms with Crippen LogP contribution in [0.4, 0.5) is 11.4 Å². The number of nitrogens with one attached hydrogen (secondary N) is 1. The van der Waals surface area contributed by atoms with E-state index >= 15 is 0 Å². The first-order valence-corrected chi connectivity index (χ1v) is 6.79. The molecule has 0 aliphatic rings. The molecule has 0 aromatic heterocycles. The molecule has 108 valence electrons. The predicted molar refractivity (Wildman–Crippen MR) is 81.9 cm³/mol. The molecule has 0 fully saturated rings. The molecular weight excluding hydrogens is 364 g/mol. The lowest BCUT2D eigenvalue weighted by Gasteiger charge is -2.07. The summed E-state index contributed by atoms with van der Waals surface area (Å²) in [6.07, 6.45) is 0. The van der Waals surface area contributed by atoms with Gasteiger partial charge in [-0.25, -0.2) is 0 Å². The van der Waals surface area contributed by atoms with Crippen LogP contribution in [-0.2, 0) is 0 Å². The number of benzene rings is 2. The Morgan fingerprint density at radius 3 is 2.57 bits per heavy atom. The number of phenolic OH excluding ortho intramolecular Hbond substituents is 1. The maximum Gasteiger partial charge on any atom is 0.310 e. The molecule has 0 unspecified atom stereocenters. The summed E-state index contributed by atoms with van der Waals surface area (Å²) in [7, 11) is 0. The number of hydrogen-bond acceptors (Lipinski definition) is 4. The van der Waals surface area contributed by atoms with Gasteiger partial charge in [0, 0.05) is 21.8 Å². The van der Waals surface area contributed by atoms with E-state index in [1.54, 1.807) is 18.2 Å². The highest BCUT2D eigenvalue weighted by Crippen LogP contribution is 2.28. The zero-order valence-corrected chi connectivity index (χ0v) is 12.7. The lowest BCUT2D eigenvalue weighted by Crippen LogP contribution is -2.11. The fourth-order valence-electron chi connectivity index (χ4n) is 1.60. The number of carbonyl (C=O) groups is 1. The van der Waals surface area contributed by atoms with Gasteiger partial charge in [0.05, 0.1) is 9.95 Å². The zero-order chi connectivity index (χ0) is 15.6. The van der Waals surface area contributed by atoms with Gasteiger partial charge in [-0.1, -0.05) is 11.6 Å². The topological polar surface area (TPSA) is 92.5 Å². The standard InChI is InChI=1S/C13H8BrClN2O4/c14-9-6-8(2-3-10(9)15)16-13(19)7-1-4-11(17(20)21)12(18)5-7/h1-6,18H,(H,16,19). The molecule has 6 nitrogen and oxygen atoms in total. The van der Waals surface area contributed by atoms with Crippen LogP contribution in [0.3, 0.4) is 0 Å². The molecule has 0 heterocycles. The van der Waals surface area contributed by atoms with Crippen LogP contribution in [0.5, 0.6) is 5.75 Å². The normalized spacial score (nSPS) is 10.2. The van der Waals surface area contributed by atoms with Crippen LogP contribution in [0.1, 0.15) is 10.4 Å². The molecule has 0 aliphatic carbocycles. The maximum atomic E-state index is 12.0. The number of phenols is 1. The number of amides is 1. The maximum absolute atomic E-state index is 12.0. The molecule has 0 bridgehead atoms. The Kier molecular flexibility index (Phi) is 4.44. The van der Waals surface area contributed by atoms with Crippen molar-refractivity contribution < 1.29 is 14.8 Å². The van der Waals surface area contributed by atoms with E-state index < -0.39 is 22.3 Å². The summed E-state index contributed by atoms with van der Waals surface area (Å²) in [5.41, 5.74) is 0.138. The van der Waals surface area contributed by atoms with E-state index in [9.17, 15) is 20.0 Å². The first kappa shape index (κ1) is 15.3. The van der Waals surface area contributed by atoms with Crippen LogP contribution in [-0.4, -0.2) is 15.9 Å². The molecule has 2 aromatic rings. The lowest BCUT2D eigenvalue weighted by molar-refractivity contribution is -0.385. The summed E-state index contributed by atoms with van der Waals surface area (Å²) in [4.78, 5) is 21.9. The third kappa shape index (κ3) is 3.50. The lowest BCUT2D eigenvalue weighted by atomic mass is 10.1. The van der Waals surface area contributed by atoms with Gasteiger partial charge >= 0.3 is 5.69 Å². The zero-order valence-electron chi connectivity index (χ0n) is 10.3. The van der Waals surface area contributed by atoms with Crippen LogP contribution in [0, 0.1) is 10.1 Å². The molecule has 0 radical (unpaired) electrons. The Morgan fingerprint density at radius 2 is 2.00 bits per heavy atom. The number of rotatable bonds is 3. The highest BCUT2D eigenvalue weighted by atomic mass is 79.9. The SMILES string of the molecule is O=C(Nc1ccc(Cl)c(Br)c1)c1ccc([N+](=O)[O-])c(O)c1. The Hall–Kier alpha value is -2.12. The summed E-state index contributed by atoms with van der Waals surface area (Å²) in [5, 5.41) is 23.2. The molecule has 21 heavy (non-hydrogen) atoms. The largest absolute Gasteiger partial charge is 0.502 e. The van der Waals surface area contributed by atoms with E-state index in [0.717, 1.165) is 12.1 Å². The van der Waals surface area contributed by atoms with E-state index in [4.69, 9.17) is 11.6 Å². The van der Waals surface area contributed by atoms with Crippen LogP contribution < -0.4 is 5.32 Å². The van der Waals surface area contributed by atoms with Gasteiger partial charge in [-0.15, -0.1) is 0 Å². The van der Waals surface area contributed by atoms with Crippen molar-refractivity contribution >= 4 is 44.8 Å². The summed E-state index contributed by atoms with van der Waals surface area (Å²) in [6.45, 7) is 0. The van der Waals surface area contributed by atoms with Crippen molar-refractivity contribution in [3.05, 3.63) is 61.6 Å². The average molecular weight is 372 g/mol. The van der Waals surface area contributed by atoms with E-state index in [-0.39, 0.29) is 5.56 Å². The molecule has 8 heteroatoms. The van der Waals surface area contributed by atoms with Crippen LogP contribution in [0.15, 0.2) is 40.9 Å². The number of nitro groups is 1. The van der Waals surface area contributed by atoms with Crippen LogP contribution in [0.25, 0.3) is 0 Å². The van der Waals surface area contributed by atoms with E-state index in [2.05, 4.69) is 21.2 Å². The third-order valence-corrected chi connectivity index (χ3v) is 3.83. The number of carbonyl (C=O) groups excluding carboxylic acids is 1. The fourth-order valence-corrected chi connectivity index (χ4v) is 2.09. The second kappa shape index (κ2) is 6.11. The Bertz CT molecular complexity index is 736. The van der Waals surface area contributed by atoms with Crippen molar-refractivity contribution in [2.45, 2.75) is 0 Å². The molecule has 1 amide bonds. The fraction of sp³-hybridized carbons (Fsp3) is 0. The highest BCUT2D eigenvalue weighted by Gasteiger charge is 2.16. The molecule has 0 aliphatic heterocycles. The van der Waals surface area contributed by atoms with Crippen molar-refractivity contribution in [1.82, 2.24) is 0 Å². The molecule has 2 rings (SSSR count). The quantitative estimate of drug-likeness (QED) is 0.631. The van der Waals surface area contributed by atoms with Gasteiger partial charge in [0.2, 0.25) is 0 Å². The van der Waals surface area contributed by atoms with E-state index in [1.165, 1.54) is 6.07 Å². The number of anilines is 1. The highest BCUT2D eigenvalue weighted by molar-refractivity contribution is 9.10. The third-order valence-electron chi connectivity index (χ3n) is 2.61.